The topological polar surface area (TPSA) is 68.0 Å². The smallest absolute Gasteiger partial charge is 0.347 e. The molecule has 112 valence electrons. The Morgan fingerprint density at radius 3 is 2.48 bits per heavy atom. The molecule has 8 heteroatoms. The summed E-state index contributed by atoms with van der Waals surface area (Å²) in [6.07, 6.45) is -4.36. The Balaban J connectivity index is 1.95. The van der Waals surface area contributed by atoms with Crippen molar-refractivity contribution in [2.45, 2.75) is 19.3 Å². The Bertz CT molecular complexity index is 622. The molecule has 2 aromatic rings. The zero-order valence-electron chi connectivity index (χ0n) is 10.8. The average Bonchev–Trinajstić information content (AvgIpc) is 2.93. The quantitative estimate of drug-likeness (QED) is 0.911. The predicted octanol–water partition coefficient (Wildman–Crippen LogP) is 2.55. The molecule has 0 fully saturated rings. The molecular weight excluding hydrogens is 303 g/mol. The van der Waals surface area contributed by atoms with Gasteiger partial charge in [-0.05, 0) is 17.7 Å². The minimum atomic E-state index is -4.36. The van der Waals surface area contributed by atoms with Crippen LogP contribution in [0, 0.1) is 0 Å². The highest BCUT2D eigenvalue weighted by atomic mass is 32.1. The van der Waals surface area contributed by atoms with Crippen molar-refractivity contribution >= 4 is 17.2 Å². The fourth-order valence-electron chi connectivity index (χ4n) is 1.59. The number of hydrogen-bond donors (Lipinski definition) is 2. The highest BCUT2D eigenvalue weighted by molar-refractivity contribution is 7.09. The summed E-state index contributed by atoms with van der Waals surface area (Å²) in [5, 5.41) is 4.83. The summed E-state index contributed by atoms with van der Waals surface area (Å²) in [6, 6.07) is 4.62. The van der Waals surface area contributed by atoms with Crippen molar-refractivity contribution in [1.82, 2.24) is 10.3 Å². The van der Waals surface area contributed by atoms with E-state index in [9.17, 15) is 18.0 Å². The third-order valence-electron chi connectivity index (χ3n) is 2.69. The van der Waals surface area contributed by atoms with Crippen LogP contribution in [0.5, 0.6) is 0 Å². The minimum Gasteiger partial charge on any atom is -0.347 e. The van der Waals surface area contributed by atoms with Gasteiger partial charge in [-0.15, -0.1) is 11.3 Å². The predicted molar refractivity (Wildman–Crippen MR) is 72.6 cm³/mol. The molecule has 21 heavy (non-hydrogen) atoms. The van der Waals surface area contributed by atoms with E-state index in [4.69, 9.17) is 5.73 Å². The average molecular weight is 315 g/mol. The number of nitrogens with zero attached hydrogens (tertiary/aromatic N) is 1. The molecule has 0 saturated carbocycles. The summed E-state index contributed by atoms with van der Waals surface area (Å²) >= 11 is 1.28. The number of carbonyl (C=O) groups is 1. The third-order valence-corrected chi connectivity index (χ3v) is 3.56. The molecule has 0 aliphatic carbocycles. The monoisotopic (exact) mass is 315 g/mol. The summed E-state index contributed by atoms with van der Waals surface area (Å²) in [5.74, 6) is -0.383. The van der Waals surface area contributed by atoms with Crippen LogP contribution >= 0.6 is 11.3 Å². The molecule has 0 saturated heterocycles. The molecular formula is C13H12F3N3OS. The van der Waals surface area contributed by atoms with Gasteiger partial charge in [0, 0.05) is 18.5 Å². The number of carbonyl (C=O) groups excluding carboxylic acids is 1. The molecule has 2 rings (SSSR count). The number of thiazole rings is 1. The Morgan fingerprint density at radius 1 is 1.29 bits per heavy atom. The van der Waals surface area contributed by atoms with Crippen molar-refractivity contribution in [3.63, 3.8) is 0 Å². The molecule has 0 aliphatic rings. The van der Waals surface area contributed by atoms with Gasteiger partial charge in [-0.3, -0.25) is 4.79 Å². The molecule has 1 amide bonds. The molecule has 0 aliphatic heterocycles. The molecule has 0 spiro atoms. The number of nitrogens with one attached hydrogen (secondary N) is 1. The fourth-order valence-corrected chi connectivity index (χ4v) is 2.25. The van der Waals surface area contributed by atoms with E-state index < -0.39 is 11.7 Å². The highest BCUT2D eigenvalue weighted by Gasteiger charge is 2.29. The van der Waals surface area contributed by atoms with E-state index >= 15 is 0 Å². The Labute approximate surface area is 122 Å². The van der Waals surface area contributed by atoms with Gasteiger partial charge in [-0.25, -0.2) is 4.98 Å². The Kier molecular flexibility index (Phi) is 4.59. The second kappa shape index (κ2) is 6.23. The lowest BCUT2D eigenvalue weighted by Gasteiger charge is -2.08. The maximum Gasteiger partial charge on any atom is 0.416 e. The van der Waals surface area contributed by atoms with Crippen LogP contribution < -0.4 is 11.1 Å². The zero-order valence-corrected chi connectivity index (χ0v) is 11.6. The normalized spacial score (nSPS) is 11.4. The van der Waals surface area contributed by atoms with Gasteiger partial charge in [0.2, 0.25) is 0 Å². The van der Waals surface area contributed by atoms with Crippen LogP contribution in [0.3, 0.4) is 0 Å². The van der Waals surface area contributed by atoms with E-state index in [1.165, 1.54) is 23.5 Å². The van der Waals surface area contributed by atoms with Crippen molar-refractivity contribution in [2.24, 2.45) is 5.73 Å². The van der Waals surface area contributed by atoms with E-state index in [1.54, 1.807) is 5.38 Å². The summed E-state index contributed by atoms with van der Waals surface area (Å²) in [6.45, 7) is 0.392. The van der Waals surface area contributed by atoms with Crippen LogP contribution in [-0.2, 0) is 19.3 Å². The second-order valence-corrected chi connectivity index (χ2v) is 5.15. The molecule has 3 N–H and O–H groups in total. The second-order valence-electron chi connectivity index (χ2n) is 4.21. The van der Waals surface area contributed by atoms with Gasteiger partial charge in [0.1, 0.15) is 10.7 Å². The largest absolute Gasteiger partial charge is 0.416 e. The number of nitrogens with two attached hydrogens (primary N) is 1. The van der Waals surface area contributed by atoms with Crippen molar-refractivity contribution in [2.75, 3.05) is 0 Å². The van der Waals surface area contributed by atoms with Crippen LogP contribution in [0.15, 0.2) is 29.6 Å². The third kappa shape index (κ3) is 4.02. The van der Waals surface area contributed by atoms with Crippen molar-refractivity contribution in [3.05, 3.63) is 51.5 Å². The van der Waals surface area contributed by atoms with Crippen LogP contribution in [-0.4, -0.2) is 10.9 Å². The summed E-state index contributed by atoms with van der Waals surface area (Å²) in [5.41, 5.74) is 5.52. The van der Waals surface area contributed by atoms with Gasteiger partial charge in [0.05, 0.1) is 5.56 Å². The molecule has 1 aromatic heterocycles. The first kappa shape index (κ1) is 15.5. The van der Waals surface area contributed by atoms with Gasteiger partial charge in [0.25, 0.3) is 5.91 Å². The van der Waals surface area contributed by atoms with Gasteiger partial charge < -0.3 is 11.1 Å². The highest BCUT2D eigenvalue weighted by Crippen LogP contribution is 2.29. The first-order chi connectivity index (χ1) is 9.90. The maximum atomic E-state index is 12.4. The summed E-state index contributed by atoms with van der Waals surface area (Å²) in [7, 11) is 0. The minimum absolute atomic E-state index is 0.131. The number of amides is 1. The first-order valence-corrected chi connectivity index (χ1v) is 6.87. The fraction of sp³-hybridized carbons (Fsp3) is 0.231. The number of hydrogen-bond acceptors (Lipinski definition) is 4. The molecule has 0 bridgehead atoms. The standard InChI is InChI=1S/C13H12F3N3OS/c14-13(15,16)9-3-1-8(2-4-9)6-18-12(20)10-7-21-11(5-17)19-10/h1-4,7H,5-6,17H2,(H,18,20). The van der Waals surface area contributed by atoms with E-state index in [0.29, 0.717) is 10.6 Å². The van der Waals surface area contributed by atoms with E-state index in [-0.39, 0.29) is 24.7 Å². The molecule has 1 aromatic carbocycles. The molecule has 4 nitrogen and oxygen atoms in total. The molecule has 1 heterocycles. The van der Waals surface area contributed by atoms with Crippen LogP contribution in [0.4, 0.5) is 13.2 Å². The lowest BCUT2D eigenvalue weighted by molar-refractivity contribution is -0.137. The van der Waals surface area contributed by atoms with Crippen molar-refractivity contribution in [1.29, 1.82) is 0 Å². The number of benzene rings is 1. The summed E-state index contributed by atoms with van der Waals surface area (Å²) in [4.78, 5) is 15.8. The number of halogens is 3. The van der Waals surface area contributed by atoms with Crippen molar-refractivity contribution < 1.29 is 18.0 Å². The number of rotatable bonds is 4. The van der Waals surface area contributed by atoms with Crippen molar-refractivity contribution in [3.8, 4) is 0 Å². The first-order valence-electron chi connectivity index (χ1n) is 5.99. The van der Waals surface area contributed by atoms with Crippen LogP contribution in [0.2, 0.25) is 0 Å². The lowest BCUT2D eigenvalue weighted by atomic mass is 10.1. The van der Waals surface area contributed by atoms with Crippen LogP contribution in [0.1, 0.15) is 26.6 Å². The maximum absolute atomic E-state index is 12.4. The van der Waals surface area contributed by atoms with Gasteiger partial charge in [0.15, 0.2) is 0 Å². The van der Waals surface area contributed by atoms with E-state index in [0.717, 1.165) is 12.1 Å². The Hall–Kier alpha value is -1.93. The number of alkyl halides is 3. The SMILES string of the molecule is NCc1nc(C(=O)NCc2ccc(C(F)(F)F)cc2)cs1. The van der Waals surface area contributed by atoms with Crippen LogP contribution in [0.25, 0.3) is 0 Å². The van der Waals surface area contributed by atoms with E-state index in [1.807, 2.05) is 0 Å². The molecule has 0 atom stereocenters. The Morgan fingerprint density at radius 2 is 1.95 bits per heavy atom. The zero-order chi connectivity index (χ0) is 15.5. The summed E-state index contributed by atoms with van der Waals surface area (Å²) < 4.78 is 37.2. The van der Waals surface area contributed by atoms with E-state index in [2.05, 4.69) is 10.3 Å². The number of aromatic nitrogens is 1. The van der Waals surface area contributed by atoms with Gasteiger partial charge >= 0.3 is 6.18 Å². The van der Waals surface area contributed by atoms with Gasteiger partial charge in [-0.2, -0.15) is 13.2 Å². The lowest BCUT2D eigenvalue weighted by Crippen LogP contribution is -2.23. The molecule has 0 unspecified atom stereocenters. The molecule has 0 radical (unpaired) electrons. The van der Waals surface area contributed by atoms with Gasteiger partial charge in [-0.1, -0.05) is 12.1 Å².